The number of benzene rings is 4. The van der Waals surface area contributed by atoms with Crippen molar-refractivity contribution in [1.82, 2.24) is 0 Å². The molecule has 0 aromatic heterocycles. The Morgan fingerprint density at radius 2 is 1.36 bits per heavy atom. The number of rotatable bonds is 0. The highest BCUT2D eigenvalue weighted by atomic mass is 16.6. The lowest BCUT2D eigenvalue weighted by molar-refractivity contribution is 0.373. The molecule has 2 aliphatic rings. The molecule has 0 radical (unpaired) electrons. The first-order valence-electron chi connectivity index (χ1n) is 9.00. The Bertz CT molecular complexity index is 1010. The maximum Gasteiger partial charge on any atom is 0.109 e. The maximum atomic E-state index is 5.74. The first-order valence-corrected chi connectivity index (χ1v) is 9.00. The summed E-state index contributed by atoms with van der Waals surface area (Å²) in [6.45, 7) is 0. The summed E-state index contributed by atoms with van der Waals surface area (Å²) in [5.74, 6) is 0. The molecule has 6 rings (SSSR count). The summed E-state index contributed by atoms with van der Waals surface area (Å²) in [5, 5.41) is 5.49. The minimum Gasteiger partial charge on any atom is -0.364 e. The van der Waals surface area contributed by atoms with Gasteiger partial charge < -0.3 is 4.74 Å². The predicted octanol–water partition coefficient (Wildman–Crippen LogP) is 6.07. The van der Waals surface area contributed by atoms with E-state index in [4.69, 9.17) is 4.74 Å². The number of ether oxygens (including phenoxy) is 1. The number of hydrogen-bond donors (Lipinski definition) is 0. The average Bonchev–Trinajstić information content (AvgIpc) is 3.49. The molecule has 4 aromatic rings. The van der Waals surface area contributed by atoms with Gasteiger partial charge in [-0.1, -0.05) is 84.9 Å². The highest BCUT2D eigenvalue weighted by molar-refractivity contribution is 6.08. The molecule has 2 atom stereocenters. The molecule has 1 heterocycles. The lowest BCUT2D eigenvalue weighted by atomic mass is 9.86. The van der Waals surface area contributed by atoms with E-state index in [0.717, 1.165) is 6.42 Å². The van der Waals surface area contributed by atoms with Gasteiger partial charge in [0.25, 0.3) is 0 Å². The summed E-state index contributed by atoms with van der Waals surface area (Å²) in [6, 6.07) is 29.7. The van der Waals surface area contributed by atoms with Crippen LogP contribution in [0.25, 0.3) is 21.5 Å². The van der Waals surface area contributed by atoms with Gasteiger partial charge in [-0.2, -0.15) is 0 Å². The van der Waals surface area contributed by atoms with Gasteiger partial charge in [0, 0.05) is 0 Å². The van der Waals surface area contributed by atoms with Crippen LogP contribution in [0.1, 0.15) is 23.7 Å². The Balaban J connectivity index is 0.000000201. The average molecular weight is 324 g/mol. The van der Waals surface area contributed by atoms with Crippen molar-refractivity contribution in [2.24, 2.45) is 0 Å². The van der Waals surface area contributed by atoms with E-state index >= 15 is 0 Å². The zero-order chi connectivity index (χ0) is 16.6. The van der Waals surface area contributed by atoms with E-state index in [1.165, 1.54) is 39.1 Å². The van der Waals surface area contributed by atoms with E-state index in [9.17, 15) is 0 Å². The second-order valence-corrected chi connectivity index (χ2v) is 6.80. The van der Waals surface area contributed by atoms with E-state index in [2.05, 4.69) is 48.5 Å². The van der Waals surface area contributed by atoms with Gasteiger partial charge >= 0.3 is 0 Å². The van der Waals surface area contributed by atoms with Crippen LogP contribution >= 0.6 is 0 Å². The van der Waals surface area contributed by atoms with E-state index < -0.39 is 0 Å². The van der Waals surface area contributed by atoms with E-state index in [1.807, 2.05) is 36.4 Å². The van der Waals surface area contributed by atoms with Crippen molar-refractivity contribution in [3.8, 4) is 0 Å². The molecular formula is C24H20O. The number of aryl methyl sites for hydroxylation is 1. The van der Waals surface area contributed by atoms with Gasteiger partial charge in [0.2, 0.25) is 0 Å². The summed E-state index contributed by atoms with van der Waals surface area (Å²) in [5.41, 5.74) is 2.95. The Hall–Kier alpha value is -2.64. The minimum absolute atomic E-state index is 0.389. The normalized spacial score (nSPS) is 20.3. The molecule has 0 saturated carbocycles. The molecular weight excluding hydrogens is 304 g/mol. The van der Waals surface area contributed by atoms with Crippen LogP contribution in [0, 0.1) is 0 Å². The van der Waals surface area contributed by atoms with E-state index in [1.54, 1.807) is 0 Å². The molecule has 0 bridgehead atoms. The lowest BCUT2D eigenvalue weighted by Crippen LogP contribution is -2.04. The fourth-order valence-corrected chi connectivity index (χ4v) is 4.02. The zero-order valence-electron chi connectivity index (χ0n) is 14.1. The molecule has 0 amide bonds. The van der Waals surface area contributed by atoms with E-state index in [0.29, 0.717) is 12.2 Å². The van der Waals surface area contributed by atoms with Gasteiger partial charge in [0.15, 0.2) is 0 Å². The topological polar surface area (TPSA) is 12.5 Å². The van der Waals surface area contributed by atoms with Crippen molar-refractivity contribution in [2.45, 2.75) is 25.0 Å². The van der Waals surface area contributed by atoms with Crippen LogP contribution in [0.15, 0.2) is 84.9 Å². The van der Waals surface area contributed by atoms with Crippen molar-refractivity contribution in [3.63, 3.8) is 0 Å². The number of fused-ring (bicyclic) bond motifs is 7. The SMILES string of the molecule is c1ccc2c(c1)ccc1c3c(ccc12)C1OC1CC3.c1ccccc1. The fraction of sp³-hybridized carbons (Fsp3) is 0.167. The molecule has 0 N–H and O–H groups in total. The molecule has 4 aromatic carbocycles. The molecule has 1 saturated heterocycles. The third-order valence-corrected chi connectivity index (χ3v) is 5.31. The summed E-state index contributed by atoms with van der Waals surface area (Å²) in [4.78, 5) is 0. The lowest BCUT2D eigenvalue weighted by Gasteiger charge is -2.16. The molecule has 122 valence electrons. The second-order valence-electron chi connectivity index (χ2n) is 6.80. The summed E-state index contributed by atoms with van der Waals surface area (Å²) in [7, 11) is 0. The van der Waals surface area contributed by atoms with Crippen molar-refractivity contribution in [2.75, 3.05) is 0 Å². The standard InChI is InChI=1S/C18H14O.C6H6/c1-2-4-12-11(3-1)5-6-14-13(12)7-8-16-15(14)9-10-17-18(16)19-17;1-2-4-6-5-3-1/h1-8,17-18H,9-10H2;1-6H. The van der Waals surface area contributed by atoms with Crippen molar-refractivity contribution >= 4 is 21.5 Å². The van der Waals surface area contributed by atoms with Crippen molar-refractivity contribution in [1.29, 1.82) is 0 Å². The molecule has 25 heavy (non-hydrogen) atoms. The summed E-state index contributed by atoms with van der Waals surface area (Å²) < 4.78 is 5.74. The predicted molar refractivity (Wildman–Crippen MR) is 104 cm³/mol. The molecule has 1 nitrogen and oxygen atoms in total. The highest BCUT2D eigenvalue weighted by Crippen LogP contribution is 2.48. The fourth-order valence-electron chi connectivity index (χ4n) is 4.02. The van der Waals surface area contributed by atoms with Gasteiger partial charge in [-0.25, -0.2) is 0 Å². The van der Waals surface area contributed by atoms with Crippen LogP contribution in [0.2, 0.25) is 0 Å². The molecule has 1 heteroatoms. The number of hydrogen-bond acceptors (Lipinski definition) is 1. The third kappa shape index (κ3) is 2.61. The Morgan fingerprint density at radius 3 is 2.16 bits per heavy atom. The van der Waals surface area contributed by atoms with Gasteiger partial charge in [-0.05, 0) is 45.5 Å². The number of epoxide rings is 1. The summed E-state index contributed by atoms with van der Waals surface area (Å²) >= 11 is 0. The highest BCUT2D eigenvalue weighted by Gasteiger charge is 2.44. The smallest absolute Gasteiger partial charge is 0.109 e. The molecule has 2 unspecified atom stereocenters. The van der Waals surface area contributed by atoms with E-state index in [-0.39, 0.29) is 0 Å². The Labute approximate surface area is 147 Å². The van der Waals surface area contributed by atoms with Crippen LogP contribution in [-0.2, 0) is 11.2 Å². The summed E-state index contributed by atoms with van der Waals surface area (Å²) in [6.07, 6.45) is 3.24. The largest absolute Gasteiger partial charge is 0.364 e. The minimum atomic E-state index is 0.389. The second kappa shape index (κ2) is 6.02. The van der Waals surface area contributed by atoms with Gasteiger partial charge in [0.1, 0.15) is 6.10 Å². The molecule has 0 spiro atoms. The van der Waals surface area contributed by atoms with Gasteiger partial charge in [0.05, 0.1) is 6.10 Å². The van der Waals surface area contributed by atoms with Crippen LogP contribution in [-0.4, -0.2) is 6.10 Å². The van der Waals surface area contributed by atoms with Crippen molar-refractivity contribution < 1.29 is 4.74 Å². The quantitative estimate of drug-likeness (QED) is 0.283. The zero-order valence-corrected chi connectivity index (χ0v) is 14.1. The monoisotopic (exact) mass is 324 g/mol. The van der Waals surface area contributed by atoms with Gasteiger partial charge in [-0.3, -0.25) is 0 Å². The Morgan fingerprint density at radius 1 is 0.640 bits per heavy atom. The van der Waals surface area contributed by atoms with Crippen LogP contribution < -0.4 is 0 Å². The first-order chi connectivity index (χ1) is 12.4. The molecule has 1 aliphatic carbocycles. The third-order valence-electron chi connectivity index (χ3n) is 5.31. The molecule has 1 fully saturated rings. The van der Waals surface area contributed by atoms with Crippen LogP contribution in [0.5, 0.6) is 0 Å². The van der Waals surface area contributed by atoms with Crippen LogP contribution in [0.3, 0.4) is 0 Å². The van der Waals surface area contributed by atoms with Crippen molar-refractivity contribution in [3.05, 3.63) is 96.1 Å². The first kappa shape index (κ1) is 14.7. The van der Waals surface area contributed by atoms with Crippen LogP contribution in [0.4, 0.5) is 0 Å². The van der Waals surface area contributed by atoms with Gasteiger partial charge in [-0.15, -0.1) is 0 Å². The Kier molecular flexibility index (Phi) is 3.53. The molecule has 1 aliphatic heterocycles. The maximum absolute atomic E-state index is 5.74.